The van der Waals surface area contributed by atoms with Gasteiger partial charge in [0.05, 0.1) is 15.8 Å². The van der Waals surface area contributed by atoms with Gasteiger partial charge in [0.2, 0.25) is 6.23 Å². The van der Waals surface area contributed by atoms with E-state index >= 15 is 0 Å². The highest BCUT2D eigenvalue weighted by molar-refractivity contribution is 5.89. The van der Waals surface area contributed by atoms with Gasteiger partial charge >= 0.3 is 6.16 Å². The van der Waals surface area contributed by atoms with Crippen LogP contribution in [0.2, 0.25) is 0 Å². The normalized spacial score (nSPS) is 18.7. The molecule has 0 radical (unpaired) electrons. The molecule has 1 aliphatic rings. The Kier molecular flexibility index (Phi) is 2.19. The van der Waals surface area contributed by atoms with E-state index in [1.165, 1.54) is 6.07 Å². The second kappa shape index (κ2) is 3.73. The smallest absolute Gasteiger partial charge is 0.428 e. The minimum absolute atomic E-state index is 0.0245. The third kappa shape index (κ3) is 1.48. The van der Waals surface area contributed by atoms with Crippen LogP contribution in [-0.2, 0) is 9.47 Å². The number of non-ortho nitro benzene ring substituents is 1. The fourth-order valence-electron chi connectivity index (χ4n) is 2.04. The number of fused-ring (bicyclic) bond motifs is 1. The minimum atomic E-state index is -0.729. The van der Waals surface area contributed by atoms with Crippen LogP contribution in [0.3, 0.4) is 0 Å². The lowest BCUT2D eigenvalue weighted by atomic mass is 10.2. The van der Waals surface area contributed by atoms with E-state index in [0.29, 0.717) is 10.9 Å². The Bertz CT molecular complexity index is 648. The van der Waals surface area contributed by atoms with Gasteiger partial charge in [0.15, 0.2) is 6.61 Å². The van der Waals surface area contributed by atoms with Gasteiger partial charge in [-0.3, -0.25) is 10.1 Å². The molecule has 0 N–H and O–H groups in total. The molecule has 0 aliphatic carbocycles. The van der Waals surface area contributed by atoms with Crippen molar-refractivity contribution in [3.8, 4) is 0 Å². The molecular weight excluding hydrogens is 240 g/mol. The number of hydrogen-bond acceptors (Lipinski definition) is 5. The summed E-state index contributed by atoms with van der Waals surface area (Å²) in [7, 11) is 0. The van der Waals surface area contributed by atoms with Crippen molar-refractivity contribution >= 4 is 22.7 Å². The predicted molar refractivity (Wildman–Crippen MR) is 60.1 cm³/mol. The molecule has 3 rings (SSSR count). The maximum Gasteiger partial charge on any atom is 0.510 e. The van der Waals surface area contributed by atoms with Crippen molar-refractivity contribution in [1.82, 2.24) is 4.57 Å². The largest absolute Gasteiger partial charge is 0.510 e. The molecule has 0 saturated carbocycles. The molecule has 92 valence electrons. The van der Waals surface area contributed by atoms with Crippen LogP contribution in [0.5, 0.6) is 0 Å². The number of hydrogen-bond donors (Lipinski definition) is 0. The number of nitro benzene ring substituents is 1. The van der Waals surface area contributed by atoms with E-state index in [9.17, 15) is 14.9 Å². The van der Waals surface area contributed by atoms with Gasteiger partial charge in [-0.2, -0.15) is 0 Å². The van der Waals surface area contributed by atoms with E-state index in [4.69, 9.17) is 9.47 Å². The van der Waals surface area contributed by atoms with Gasteiger partial charge in [-0.1, -0.05) is 6.07 Å². The number of cyclic esters (lactones) is 2. The molecule has 1 saturated heterocycles. The number of nitro groups is 1. The highest BCUT2D eigenvalue weighted by Gasteiger charge is 2.28. The van der Waals surface area contributed by atoms with E-state index in [1.54, 1.807) is 29.0 Å². The third-order valence-corrected chi connectivity index (χ3v) is 2.82. The Morgan fingerprint density at radius 3 is 2.89 bits per heavy atom. The van der Waals surface area contributed by atoms with Crippen molar-refractivity contribution in [3.05, 3.63) is 40.6 Å². The van der Waals surface area contributed by atoms with E-state index in [0.717, 1.165) is 0 Å². The second-order valence-electron chi connectivity index (χ2n) is 3.82. The Morgan fingerprint density at radius 2 is 2.22 bits per heavy atom. The summed E-state index contributed by atoms with van der Waals surface area (Å²) >= 11 is 0. The molecule has 18 heavy (non-hydrogen) atoms. The first-order valence-electron chi connectivity index (χ1n) is 5.24. The number of rotatable bonds is 2. The Balaban J connectivity index is 2.12. The van der Waals surface area contributed by atoms with Crippen molar-refractivity contribution in [2.24, 2.45) is 0 Å². The highest BCUT2D eigenvalue weighted by atomic mass is 16.8. The fourth-order valence-corrected chi connectivity index (χ4v) is 2.04. The van der Waals surface area contributed by atoms with Gasteiger partial charge in [0, 0.05) is 12.3 Å². The lowest BCUT2D eigenvalue weighted by molar-refractivity contribution is -0.383. The van der Waals surface area contributed by atoms with Crippen LogP contribution < -0.4 is 0 Å². The Hall–Kier alpha value is -2.57. The zero-order valence-electron chi connectivity index (χ0n) is 9.11. The van der Waals surface area contributed by atoms with Gasteiger partial charge < -0.3 is 14.0 Å². The van der Waals surface area contributed by atoms with Crippen LogP contribution in [0.15, 0.2) is 30.5 Å². The summed E-state index contributed by atoms with van der Waals surface area (Å²) in [4.78, 5) is 21.3. The summed E-state index contributed by atoms with van der Waals surface area (Å²) in [6.07, 6.45) is 0.342. The number of carbonyl (C=O) groups is 1. The third-order valence-electron chi connectivity index (χ3n) is 2.82. The minimum Gasteiger partial charge on any atom is -0.428 e. The zero-order valence-corrected chi connectivity index (χ0v) is 9.11. The number of ether oxygens (including phenoxy) is 2. The molecule has 0 amide bonds. The standard InChI is InChI=1S/C11H8N2O5/c14-11-17-6-10(18-11)12-5-4-7-8(12)2-1-3-9(7)13(15)16/h1-5,10H,6H2. The summed E-state index contributed by atoms with van der Waals surface area (Å²) in [6, 6.07) is 6.38. The Morgan fingerprint density at radius 1 is 1.39 bits per heavy atom. The van der Waals surface area contributed by atoms with Crippen LogP contribution in [0.1, 0.15) is 6.23 Å². The van der Waals surface area contributed by atoms with Crippen molar-refractivity contribution < 1.29 is 19.2 Å². The SMILES string of the molecule is O=C1OCC(n2ccc3c([N+](=O)[O-])cccc32)O1. The second-order valence-corrected chi connectivity index (χ2v) is 3.82. The lowest BCUT2D eigenvalue weighted by Crippen LogP contribution is -2.09. The van der Waals surface area contributed by atoms with E-state index in [2.05, 4.69) is 0 Å². The van der Waals surface area contributed by atoms with Crippen molar-refractivity contribution in [2.75, 3.05) is 6.61 Å². The summed E-state index contributed by atoms with van der Waals surface area (Å²) < 4.78 is 11.3. The van der Waals surface area contributed by atoms with Crippen molar-refractivity contribution in [2.45, 2.75) is 6.23 Å². The number of benzene rings is 1. The topological polar surface area (TPSA) is 83.6 Å². The van der Waals surface area contributed by atoms with Crippen LogP contribution in [0.4, 0.5) is 10.5 Å². The molecule has 1 aromatic heterocycles. The molecule has 7 nitrogen and oxygen atoms in total. The molecular formula is C11H8N2O5. The van der Waals surface area contributed by atoms with Gasteiger partial charge in [-0.25, -0.2) is 4.79 Å². The monoisotopic (exact) mass is 248 g/mol. The maximum atomic E-state index is 10.9. The molecule has 2 aromatic rings. The predicted octanol–water partition coefficient (Wildman–Crippen LogP) is 2.21. The lowest BCUT2D eigenvalue weighted by Gasteiger charge is -2.09. The molecule has 1 unspecified atom stereocenters. The van der Waals surface area contributed by atoms with Gasteiger partial charge in [-0.15, -0.1) is 0 Å². The summed E-state index contributed by atoms with van der Waals surface area (Å²) in [5.41, 5.74) is 0.656. The average molecular weight is 248 g/mol. The van der Waals surface area contributed by atoms with Crippen molar-refractivity contribution in [3.63, 3.8) is 0 Å². The fraction of sp³-hybridized carbons (Fsp3) is 0.182. The molecule has 1 atom stereocenters. The first-order chi connectivity index (χ1) is 8.66. The first kappa shape index (κ1) is 10.6. The van der Waals surface area contributed by atoms with Crippen molar-refractivity contribution in [1.29, 1.82) is 0 Å². The molecule has 7 heteroatoms. The maximum absolute atomic E-state index is 10.9. The number of aromatic nitrogens is 1. The summed E-state index contributed by atoms with van der Waals surface area (Å²) in [5.74, 6) is 0. The Labute approximate surface area is 101 Å². The van der Waals surface area contributed by atoms with E-state index < -0.39 is 17.3 Å². The molecule has 1 aliphatic heterocycles. The van der Waals surface area contributed by atoms with Crippen LogP contribution in [-0.4, -0.2) is 22.3 Å². The highest BCUT2D eigenvalue weighted by Crippen LogP contribution is 2.30. The number of carbonyl (C=O) groups excluding carboxylic acids is 1. The summed E-state index contributed by atoms with van der Waals surface area (Å²) in [6.45, 7) is 0.102. The zero-order chi connectivity index (χ0) is 12.7. The van der Waals surface area contributed by atoms with E-state index in [-0.39, 0.29) is 12.3 Å². The molecule has 1 fully saturated rings. The number of nitrogens with zero attached hydrogens (tertiary/aromatic N) is 2. The molecule has 2 heterocycles. The van der Waals surface area contributed by atoms with Crippen LogP contribution in [0, 0.1) is 10.1 Å². The first-order valence-corrected chi connectivity index (χ1v) is 5.24. The molecule has 0 bridgehead atoms. The quantitative estimate of drug-likeness (QED) is 0.462. The molecule has 1 aromatic carbocycles. The average Bonchev–Trinajstić information content (AvgIpc) is 2.93. The van der Waals surface area contributed by atoms with Gasteiger partial charge in [-0.05, 0) is 12.1 Å². The van der Waals surface area contributed by atoms with Gasteiger partial charge in [0.1, 0.15) is 0 Å². The van der Waals surface area contributed by atoms with Crippen LogP contribution >= 0.6 is 0 Å². The summed E-state index contributed by atoms with van der Waals surface area (Å²) in [5, 5.41) is 11.4. The van der Waals surface area contributed by atoms with Crippen LogP contribution in [0.25, 0.3) is 10.9 Å². The molecule has 0 spiro atoms. The van der Waals surface area contributed by atoms with Gasteiger partial charge in [0.25, 0.3) is 5.69 Å². The van der Waals surface area contributed by atoms with E-state index in [1.807, 2.05) is 0 Å².